The lowest BCUT2D eigenvalue weighted by atomic mass is 9.85. The number of benzene rings is 1. The van der Waals surface area contributed by atoms with E-state index in [2.05, 4.69) is 17.0 Å². The lowest BCUT2D eigenvalue weighted by Gasteiger charge is -2.26. The molecule has 1 aromatic heterocycles. The predicted molar refractivity (Wildman–Crippen MR) is 91.7 cm³/mol. The Morgan fingerprint density at radius 2 is 2.29 bits per heavy atom. The quantitative estimate of drug-likeness (QED) is 0.858. The van der Waals surface area contributed by atoms with Gasteiger partial charge in [0.2, 0.25) is 5.91 Å². The number of fused-ring (bicyclic) bond motifs is 1. The lowest BCUT2D eigenvalue weighted by Crippen LogP contribution is -2.25. The molecule has 1 amide bonds. The molecule has 126 valence electrons. The first kappa shape index (κ1) is 16.1. The number of aromatic nitrogens is 2. The smallest absolute Gasteiger partial charge is 0.226 e. The molecule has 6 heteroatoms. The van der Waals surface area contributed by atoms with Crippen molar-refractivity contribution in [3.05, 3.63) is 47.7 Å². The van der Waals surface area contributed by atoms with Crippen LogP contribution >= 0.6 is 0 Å². The van der Waals surface area contributed by atoms with Gasteiger partial charge in [-0.15, -0.1) is 0 Å². The second-order valence-corrected chi connectivity index (χ2v) is 5.75. The highest BCUT2D eigenvalue weighted by Gasteiger charge is 2.33. The van der Waals surface area contributed by atoms with Crippen LogP contribution in [0.4, 0.5) is 5.82 Å². The van der Waals surface area contributed by atoms with Crippen molar-refractivity contribution in [2.24, 2.45) is 7.05 Å². The molecule has 1 aliphatic heterocycles. The average molecular weight is 327 g/mol. The van der Waals surface area contributed by atoms with Crippen LogP contribution in [0.25, 0.3) is 0 Å². The van der Waals surface area contributed by atoms with Crippen molar-refractivity contribution >= 4 is 11.7 Å². The van der Waals surface area contributed by atoms with E-state index in [9.17, 15) is 4.79 Å². The largest absolute Gasteiger partial charge is 0.493 e. The fourth-order valence-corrected chi connectivity index (χ4v) is 3.24. The van der Waals surface area contributed by atoms with Gasteiger partial charge in [0.15, 0.2) is 11.5 Å². The highest BCUT2D eigenvalue weighted by Crippen LogP contribution is 2.45. The van der Waals surface area contributed by atoms with E-state index in [1.807, 2.05) is 32.2 Å². The van der Waals surface area contributed by atoms with Gasteiger partial charge in [0.25, 0.3) is 0 Å². The molecular weight excluding hydrogens is 306 g/mol. The Morgan fingerprint density at radius 3 is 3.00 bits per heavy atom. The molecule has 6 nitrogen and oxygen atoms in total. The zero-order chi connectivity index (χ0) is 17.3. The zero-order valence-corrected chi connectivity index (χ0v) is 14.1. The topological polar surface area (TPSA) is 65.4 Å². The molecule has 0 unspecified atom stereocenters. The van der Waals surface area contributed by atoms with Crippen molar-refractivity contribution in [1.82, 2.24) is 9.78 Å². The van der Waals surface area contributed by atoms with E-state index in [0.717, 1.165) is 22.6 Å². The lowest BCUT2D eigenvalue weighted by molar-refractivity contribution is -0.116. The Morgan fingerprint density at radius 1 is 1.50 bits per heavy atom. The van der Waals surface area contributed by atoms with Gasteiger partial charge in [-0.25, -0.2) is 0 Å². The summed E-state index contributed by atoms with van der Waals surface area (Å²) < 4.78 is 13.0. The van der Waals surface area contributed by atoms with Crippen molar-refractivity contribution in [3.8, 4) is 11.5 Å². The first-order valence-electron chi connectivity index (χ1n) is 7.80. The minimum atomic E-state index is -0.127. The third-order valence-electron chi connectivity index (χ3n) is 4.21. The first-order valence-corrected chi connectivity index (χ1v) is 7.80. The molecule has 1 aliphatic rings. The molecule has 0 bridgehead atoms. The maximum Gasteiger partial charge on any atom is 0.226 e. The van der Waals surface area contributed by atoms with Crippen LogP contribution in [0.3, 0.4) is 0 Å². The maximum absolute atomic E-state index is 12.2. The number of hydrogen-bond donors (Lipinski definition) is 1. The number of nitrogens with one attached hydrogen (secondary N) is 1. The minimum absolute atomic E-state index is 0.0343. The van der Waals surface area contributed by atoms with Crippen molar-refractivity contribution in [3.63, 3.8) is 0 Å². The summed E-state index contributed by atoms with van der Waals surface area (Å²) in [5.74, 6) is 1.87. The maximum atomic E-state index is 12.2. The van der Waals surface area contributed by atoms with E-state index >= 15 is 0 Å². The molecule has 2 aromatic rings. The van der Waals surface area contributed by atoms with Crippen LogP contribution in [0.15, 0.2) is 30.9 Å². The molecule has 0 spiro atoms. The second kappa shape index (κ2) is 6.39. The number of hydrogen-bond acceptors (Lipinski definition) is 4. The monoisotopic (exact) mass is 327 g/mol. The van der Waals surface area contributed by atoms with Gasteiger partial charge in [0.1, 0.15) is 12.4 Å². The summed E-state index contributed by atoms with van der Waals surface area (Å²) >= 11 is 0. The van der Waals surface area contributed by atoms with Crippen LogP contribution < -0.4 is 14.8 Å². The van der Waals surface area contributed by atoms with E-state index in [1.165, 1.54) is 0 Å². The molecular formula is C18H21N3O3. The second-order valence-electron chi connectivity index (χ2n) is 5.75. The third kappa shape index (κ3) is 2.64. The summed E-state index contributed by atoms with van der Waals surface area (Å²) in [4.78, 5) is 12.2. The number of methoxy groups -OCH3 is 1. The highest BCUT2D eigenvalue weighted by atomic mass is 16.5. The highest BCUT2D eigenvalue weighted by molar-refractivity contribution is 5.94. The van der Waals surface area contributed by atoms with Crippen molar-refractivity contribution in [2.45, 2.75) is 19.3 Å². The van der Waals surface area contributed by atoms with Gasteiger partial charge in [-0.1, -0.05) is 24.8 Å². The Kier molecular flexibility index (Phi) is 4.29. The predicted octanol–water partition coefficient (Wildman–Crippen LogP) is 2.78. The molecule has 2 heterocycles. The first-order chi connectivity index (χ1) is 11.6. The van der Waals surface area contributed by atoms with Crippen molar-refractivity contribution in [2.75, 3.05) is 19.0 Å². The number of carbonyl (C=O) groups is 1. The standard InChI is InChI=1S/C18H21N3O3/c1-5-9-24-17-12(7-6-8-14(17)23-4)13-10-15(22)19-18-16(13)11(2)20-21(18)3/h5-8,13H,1,9-10H2,2-4H3,(H,19,22)/t13-/m1/s1. The van der Waals surface area contributed by atoms with Gasteiger partial charge < -0.3 is 14.8 Å². The van der Waals surface area contributed by atoms with Crippen LogP contribution in [-0.4, -0.2) is 29.4 Å². The fraction of sp³-hybridized carbons (Fsp3) is 0.333. The van der Waals surface area contributed by atoms with Crippen LogP contribution in [0.1, 0.15) is 29.2 Å². The number of ether oxygens (including phenoxy) is 2. The van der Waals surface area contributed by atoms with Crippen LogP contribution in [0, 0.1) is 6.92 Å². The summed E-state index contributed by atoms with van der Waals surface area (Å²) in [6.45, 7) is 6.01. The molecule has 1 aromatic carbocycles. The SMILES string of the molecule is C=CCOc1c(OC)cccc1[C@H]1CC(=O)Nc2c1c(C)nn2C. The van der Waals surface area contributed by atoms with Crippen LogP contribution in [0.5, 0.6) is 11.5 Å². The Labute approximate surface area is 141 Å². The Hall–Kier alpha value is -2.76. The zero-order valence-electron chi connectivity index (χ0n) is 14.1. The molecule has 1 N–H and O–H groups in total. The van der Waals surface area contributed by atoms with Gasteiger partial charge in [-0.05, 0) is 13.0 Å². The molecule has 0 radical (unpaired) electrons. The summed E-state index contributed by atoms with van der Waals surface area (Å²) in [6, 6.07) is 5.73. The normalized spacial score (nSPS) is 16.3. The summed E-state index contributed by atoms with van der Waals surface area (Å²) in [6.07, 6.45) is 2.03. The van der Waals surface area contributed by atoms with Crippen molar-refractivity contribution < 1.29 is 14.3 Å². The summed E-state index contributed by atoms with van der Waals surface area (Å²) in [5.41, 5.74) is 2.84. The van der Waals surface area contributed by atoms with E-state index < -0.39 is 0 Å². The number of nitrogens with zero attached hydrogens (tertiary/aromatic N) is 2. The minimum Gasteiger partial charge on any atom is -0.493 e. The number of para-hydroxylation sites is 1. The molecule has 0 fully saturated rings. The number of carbonyl (C=O) groups excluding carboxylic acids is 1. The molecule has 0 saturated heterocycles. The van der Waals surface area contributed by atoms with Gasteiger partial charge in [-0.2, -0.15) is 5.10 Å². The van der Waals surface area contributed by atoms with Gasteiger partial charge in [0.05, 0.1) is 12.8 Å². The molecule has 24 heavy (non-hydrogen) atoms. The van der Waals surface area contributed by atoms with E-state index in [0.29, 0.717) is 24.5 Å². The van der Waals surface area contributed by atoms with E-state index in [1.54, 1.807) is 17.9 Å². The third-order valence-corrected chi connectivity index (χ3v) is 4.21. The molecule has 3 rings (SSSR count). The molecule has 0 aliphatic carbocycles. The Balaban J connectivity index is 2.16. The fourth-order valence-electron chi connectivity index (χ4n) is 3.24. The number of anilines is 1. The summed E-state index contributed by atoms with van der Waals surface area (Å²) in [7, 11) is 3.43. The molecule has 1 atom stereocenters. The van der Waals surface area contributed by atoms with Gasteiger partial charge >= 0.3 is 0 Å². The summed E-state index contributed by atoms with van der Waals surface area (Å²) in [5, 5.41) is 7.36. The number of amides is 1. The average Bonchev–Trinajstić information content (AvgIpc) is 2.86. The van der Waals surface area contributed by atoms with Crippen molar-refractivity contribution in [1.29, 1.82) is 0 Å². The van der Waals surface area contributed by atoms with E-state index in [4.69, 9.17) is 9.47 Å². The van der Waals surface area contributed by atoms with Gasteiger partial charge in [-0.3, -0.25) is 9.48 Å². The number of aryl methyl sites for hydroxylation is 2. The molecule has 0 saturated carbocycles. The number of rotatable bonds is 5. The van der Waals surface area contributed by atoms with E-state index in [-0.39, 0.29) is 11.8 Å². The van der Waals surface area contributed by atoms with Gasteiger partial charge in [0, 0.05) is 30.5 Å². The Bertz CT molecular complexity index is 795. The van der Waals surface area contributed by atoms with Crippen LogP contribution in [0.2, 0.25) is 0 Å². The van der Waals surface area contributed by atoms with Crippen LogP contribution in [-0.2, 0) is 11.8 Å².